The second-order valence-corrected chi connectivity index (χ2v) is 5.67. The first kappa shape index (κ1) is 11.6. The second-order valence-electron chi connectivity index (χ2n) is 4.51. The summed E-state index contributed by atoms with van der Waals surface area (Å²) in [5.74, 6) is 0.587. The fourth-order valence-electron chi connectivity index (χ4n) is 2.32. The smallest absolute Gasteiger partial charge is 0.303 e. The quantitative estimate of drug-likeness (QED) is 0.811. The van der Waals surface area contributed by atoms with Crippen molar-refractivity contribution in [2.45, 2.75) is 46.1 Å². The predicted octanol–water partition coefficient (Wildman–Crippen LogP) is 2.29. The minimum Gasteiger partial charge on any atom is -0.303 e. The number of thiazole rings is 1. The first-order valence-electron chi connectivity index (χ1n) is 5.79. The zero-order chi connectivity index (χ0) is 11.7. The number of aryl methyl sites for hydroxylation is 1. The highest BCUT2D eigenvalue weighted by Crippen LogP contribution is 2.25. The van der Waals surface area contributed by atoms with E-state index in [-0.39, 0.29) is 10.8 Å². The number of carbonyl (C=O) groups is 1. The summed E-state index contributed by atoms with van der Waals surface area (Å²) in [6, 6.07) is 0. The highest BCUT2D eigenvalue weighted by Gasteiger charge is 2.24. The van der Waals surface area contributed by atoms with Gasteiger partial charge in [-0.15, -0.1) is 0 Å². The lowest BCUT2D eigenvalue weighted by Gasteiger charge is -2.09. The number of rotatable bonds is 3. The molecule has 1 unspecified atom stereocenters. The highest BCUT2D eigenvalue weighted by atomic mass is 32.1. The first-order valence-corrected chi connectivity index (χ1v) is 6.61. The van der Waals surface area contributed by atoms with Crippen LogP contribution in [0.4, 0.5) is 0 Å². The van der Waals surface area contributed by atoms with Crippen LogP contribution < -0.4 is 4.87 Å². The second kappa shape index (κ2) is 4.53. The Kier molecular flexibility index (Phi) is 3.28. The molecule has 0 spiro atoms. The van der Waals surface area contributed by atoms with Gasteiger partial charge >= 0.3 is 4.87 Å². The van der Waals surface area contributed by atoms with Gasteiger partial charge in [-0.25, -0.2) is 0 Å². The van der Waals surface area contributed by atoms with E-state index in [1.807, 2.05) is 18.4 Å². The monoisotopic (exact) mass is 239 g/mol. The summed E-state index contributed by atoms with van der Waals surface area (Å²) in [5, 5.41) is 0. The van der Waals surface area contributed by atoms with Gasteiger partial charge in [-0.3, -0.25) is 9.59 Å². The molecular formula is C12H17NO2S. The van der Waals surface area contributed by atoms with Gasteiger partial charge in [0.05, 0.1) is 0 Å². The maximum atomic E-state index is 11.6. The molecule has 1 aliphatic rings. The maximum Gasteiger partial charge on any atom is 0.307 e. The van der Waals surface area contributed by atoms with Gasteiger partial charge in [0, 0.05) is 29.5 Å². The average molecular weight is 239 g/mol. The van der Waals surface area contributed by atoms with Crippen LogP contribution in [0.15, 0.2) is 4.79 Å². The number of ketones is 1. The average Bonchev–Trinajstić information content (AvgIpc) is 2.72. The van der Waals surface area contributed by atoms with E-state index in [0.29, 0.717) is 12.3 Å². The zero-order valence-electron chi connectivity index (χ0n) is 9.78. The molecule has 0 radical (unpaired) electrons. The van der Waals surface area contributed by atoms with Gasteiger partial charge in [0.25, 0.3) is 0 Å². The Labute approximate surface area is 99.1 Å². The number of hydrogen-bond acceptors (Lipinski definition) is 3. The molecule has 0 saturated heterocycles. The topological polar surface area (TPSA) is 39.1 Å². The van der Waals surface area contributed by atoms with Crippen LogP contribution in [-0.4, -0.2) is 10.4 Å². The molecule has 0 aromatic carbocycles. The summed E-state index contributed by atoms with van der Waals surface area (Å²) in [6.45, 7) is 4.65. The van der Waals surface area contributed by atoms with E-state index in [4.69, 9.17) is 0 Å². The third kappa shape index (κ3) is 2.12. The highest BCUT2D eigenvalue weighted by molar-refractivity contribution is 7.09. The van der Waals surface area contributed by atoms with Crippen LogP contribution in [0.1, 0.15) is 36.3 Å². The fourth-order valence-corrected chi connectivity index (χ4v) is 3.18. The van der Waals surface area contributed by atoms with E-state index in [1.54, 1.807) is 0 Å². The Morgan fingerprint density at radius 1 is 1.38 bits per heavy atom. The number of hydrogen-bond donors (Lipinski definition) is 0. The van der Waals surface area contributed by atoms with Crippen molar-refractivity contribution in [3.63, 3.8) is 0 Å². The molecule has 1 heterocycles. The molecule has 0 N–H and O–H groups in total. The first-order chi connectivity index (χ1) is 7.59. The third-order valence-electron chi connectivity index (χ3n) is 3.51. The molecular weight excluding hydrogens is 222 g/mol. The van der Waals surface area contributed by atoms with Crippen LogP contribution in [0, 0.1) is 19.8 Å². The molecule has 1 aromatic rings. The lowest BCUT2D eigenvalue weighted by molar-refractivity contribution is -0.120. The molecule has 1 aliphatic carbocycles. The van der Waals surface area contributed by atoms with Crippen molar-refractivity contribution in [1.82, 2.24) is 4.57 Å². The molecule has 3 nitrogen and oxygen atoms in total. The maximum absolute atomic E-state index is 11.6. The molecule has 1 fully saturated rings. The van der Waals surface area contributed by atoms with Crippen LogP contribution in [-0.2, 0) is 11.3 Å². The van der Waals surface area contributed by atoms with Crippen molar-refractivity contribution in [1.29, 1.82) is 0 Å². The minimum absolute atomic E-state index is 0.112. The van der Waals surface area contributed by atoms with E-state index >= 15 is 0 Å². The summed E-state index contributed by atoms with van der Waals surface area (Å²) in [7, 11) is 0. The molecule has 1 saturated carbocycles. The lowest BCUT2D eigenvalue weighted by atomic mass is 10.0. The van der Waals surface area contributed by atoms with Gasteiger partial charge in [-0.1, -0.05) is 11.3 Å². The van der Waals surface area contributed by atoms with E-state index in [1.165, 1.54) is 11.3 Å². The van der Waals surface area contributed by atoms with E-state index in [0.717, 1.165) is 36.3 Å². The molecule has 0 bridgehead atoms. The van der Waals surface area contributed by atoms with E-state index in [9.17, 15) is 9.59 Å². The molecule has 4 heteroatoms. The van der Waals surface area contributed by atoms with E-state index in [2.05, 4.69) is 0 Å². The Balaban J connectivity index is 2.04. The van der Waals surface area contributed by atoms with Crippen molar-refractivity contribution in [2.75, 3.05) is 0 Å². The van der Waals surface area contributed by atoms with Crippen LogP contribution in [0.2, 0.25) is 0 Å². The molecule has 0 aliphatic heterocycles. The SMILES string of the molecule is Cc1sc(=O)n(CCC2CCCC2=O)c1C. The number of Topliss-reactive ketones (excluding diaryl/α,β-unsaturated/α-hetero) is 1. The number of nitrogens with zero attached hydrogens (tertiary/aromatic N) is 1. The molecule has 16 heavy (non-hydrogen) atoms. The Bertz CT molecular complexity index is 458. The fraction of sp³-hybridized carbons (Fsp3) is 0.667. The van der Waals surface area contributed by atoms with Gasteiger partial charge in [-0.05, 0) is 33.1 Å². The molecule has 2 rings (SSSR count). The van der Waals surface area contributed by atoms with Gasteiger partial charge in [0.2, 0.25) is 0 Å². The number of aromatic nitrogens is 1. The third-order valence-corrected chi connectivity index (χ3v) is 4.50. The van der Waals surface area contributed by atoms with Gasteiger partial charge in [-0.2, -0.15) is 0 Å². The number of carbonyl (C=O) groups excluding carboxylic acids is 1. The zero-order valence-corrected chi connectivity index (χ0v) is 10.6. The summed E-state index contributed by atoms with van der Waals surface area (Å²) in [4.78, 5) is 24.3. The predicted molar refractivity (Wildman–Crippen MR) is 65.0 cm³/mol. The van der Waals surface area contributed by atoms with Gasteiger partial charge < -0.3 is 4.57 Å². The van der Waals surface area contributed by atoms with Crippen LogP contribution >= 0.6 is 11.3 Å². The van der Waals surface area contributed by atoms with Crippen molar-refractivity contribution >= 4 is 17.1 Å². The van der Waals surface area contributed by atoms with E-state index < -0.39 is 0 Å². The molecule has 1 atom stereocenters. The summed E-state index contributed by atoms with van der Waals surface area (Å²) in [6.07, 6.45) is 3.60. The van der Waals surface area contributed by atoms with Crippen molar-refractivity contribution < 1.29 is 4.79 Å². The standard InChI is InChI=1S/C12H17NO2S/c1-8-9(2)16-12(15)13(8)7-6-10-4-3-5-11(10)14/h10H,3-7H2,1-2H3. The largest absolute Gasteiger partial charge is 0.307 e. The summed E-state index contributed by atoms with van der Waals surface area (Å²) < 4.78 is 1.81. The van der Waals surface area contributed by atoms with Crippen LogP contribution in [0.5, 0.6) is 0 Å². The Morgan fingerprint density at radius 3 is 2.62 bits per heavy atom. The van der Waals surface area contributed by atoms with Crippen molar-refractivity contribution in [3.8, 4) is 0 Å². The Hall–Kier alpha value is -0.900. The van der Waals surface area contributed by atoms with Crippen LogP contribution in [0.25, 0.3) is 0 Å². The normalized spacial score (nSPS) is 20.6. The summed E-state index contributed by atoms with van der Waals surface area (Å²) in [5.41, 5.74) is 1.06. The lowest BCUT2D eigenvalue weighted by Crippen LogP contribution is -2.18. The van der Waals surface area contributed by atoms with Crippen molar-refractivity contribution in [2.24, 2.45) is 5.92 Å². The molecule has 1 aromatic heterocycles. The van der Waals surface area contributed by atoms with Crippen molar-refractivity contribution in [3.05, 3.63) is 20.2 Å². The minimum atomic E-state index is 0.112. The van der Waals surface area contributed by atoms with Crippen LogP contribution in [0.3, 0.4) is 0 Å². The summed E-state index contributed by atoms with van der Waals surface area (Å²) >= 11 is 1.30. The Morgan fingerprint density at radius 2 is 2.12 bits per heavy atom. The molecule has 0 amide bonds. The molecule has 88 valence electrons. The van der Waals surface area contributed by atoms with Gasteiger partial charge in [0.1, 0.15) is 5.78 Å². The van der Waals surface area contributed by atoms with Gasteiger partial charge in [0.15, 0.2) is 0 Å².